The predicted molar refractivity (Wildman–Crippen MR) is 155 cm³/mol. The molecule has 0 bridgehead atoms. The van der Waals surface area contributed by atoms with Gasteiger partial charge in [-0.25, -0.2) is 0 Å². The van der Waals surface area contributed by atoms with Gasteiger partial charge in [-0.2, -0.15) is 13.2 Å². The summed E-state index contributed by atoms with van der Waals surface area (Å²) in [4.78, 5) is 42.5. The molecule has 0 radical (unpaired) electrons. The summed E-state index contributed by atoms with van der Waals surface area (Å²) in [5.41, 5.74) is -0.262. The van der Waals surface area contributed by atoms with E-state index >= 15 is 0 Å². The number of fused-ring (bicyclic) bond motifs is 1. The van der Waals surface area contributed by atoms with Crippen molar-refractivity contribution in [3.8, 4) is 0 Å². The minimum absolute atomic E-state index is 0.0263. The van der Waals surface area contributed by atoms with Crippen LogP contribution in [-0.2, 0) is 36.6 Å². The zero-order chi connectivity index (χ0) is 31.6. The number of carbonyl (C=O) groups is 3. The SMILES string of the molecule is COC(=O)[C@]12C[C@H](CC(=O)NCc3cccc(C(F)(F)F)c3)C(=O)N(CCC3=CCCCC3)C1=C[C@H](C(C)(C)C)O[C@@H]2C. The molecule has 0 unspecified atom stereocenters. The highest BCUT2D eigenvalue weighted by molar-refractivity contribution is 5.92. The van der Waals surface area contributed by atoms with E-state index in [0.717, 1.165) is 37.8 Å². The van der Waals surface area contributed by atoms with Crippen LogP contribution in [0.1, 0.15) is 83.8 Å². The van der Waals surface area contributed by atoms with E-state index in [1.54, 1.807) is 4.90 Å². The van der Waals surface area contributed by atoms with Crippen molar-refractivity contribution in [3.63, 3.8) is 0 Å². The van der Waals surface area contributed by atoms with Crippen LogP contribution < -0.4 is 5.32 Å². The molecule has 3 aliphatic rings. The summed E-state index contributed by atoms with van der Waals surface area (Å²) in [6, 6.07) is 4.75. The zero-order valence-electron chi connectivity index (χ0n) is 25.7. The number of hydrogen-bond acceptors (Lipinski definition) is 5. The minimum atomic E-state index is -4.50. The Kier molecular flexibility index (Phi) is 9.79. The number of alkyl halides is 3. The van der Waals surface area contributed by atoms with Crippen molar-refractivity contribution >= 4 is 17.8 Å². The number of allylic oxidation sites excluding steroid dienone is 1. The summed E-state index contributed by atoms with van der Waals surface area (Å²) < 4.78 is 51.1. The molecule has 1 aromatic rings. The van der Waals surface area contributed by atoms with Crippen LogP contribution in [0.15, 0.2) is 47.7 Å². The van der Waals surface area contributed by atoms with Crippen molar-refractivity contribution in [2.24, 2.45) is 16.7 Å². The van der Waals surface area contributed by atoms with Gasteiger partial charge < -0.3 is 19.7 Å². The fourth-order valence-corrected chi connectivity index (χ4v) is 6.41. The predicted octanol–water partition coefficient (Wildman–Crippen LogP) is 6.33. The van der Waals surface area contributed by atoms with E-state index in [0.29, 0.717) is 24.2 Å². The Labute approximate surface area is 251 Å². The van der Waals surface area contributed by atoms with Gasteiger partial charge in [0.25, 0.3) is 0 Å². The van der Waals surface area contributed by atoms with Crippen LogP contribution in [0, 0.1) is 16.7 Å². The molecule has 1 aliphatic carbocycles. The normalized spacial score (nSPS) is 26.3. The van der Waals surface area contributed by atoms with Crippen LogP contribution in [0.2, 0.25) is 0 Å². The van der Waals surface area contributed by atoms with Gasteiger partial charge >= 0.3 is 12.1 Å². The van der Waals surface area contributed by atoms with E-state index in [2.05, 4.69) is 11.4 Å². The van der Waals surface area contributed by atoms with Crippen molar-refractivity contribution in [1.82, 2.24) is 10.2 Å². The van der Waals surface area contributed by atoms with Crippen molar-refractivity contribution in [3.05, 3.63) is 58.8 Å². The molecule has 0 aromatic heterocycles. The first-order valence-electron chi connectivity index (χ1n) is 15.0. The number of ether oxygens (including phenoxy) is 2. The van der Waals surface area contributed by atoms with Crippen LogP contribution >= 0.6 is 0 Å². The van der Waals surface area contributed by atoms with Gasteiger partial charge in [0, 0.05) is 31.1 Å². The third-order valence-electron chi connectivity index (χ3n) is 8.91. The third kappa shape index (κ3) is 7.16. The fraction of sp³-hybridized carbons (Fsp3) is 0.606. The first-order valence-corrected chi connectivity index (χ1v) is 15.0. The van der Waals surface area contributed by atoms with E-state index in [4.69, 9.17) is 9.47 Å². The number of esters is 1. The number of amides is 2. The minimum Gasteiger partial charge on any atom is -0.468 e. The first-order chi connectivity index (χ1) is 20.2. The molecule has 7 nitrogen and oxygen atoms in total. The molecule has 2 heterocycles. The second-order valence-electron chi connectivity index (χ2n) is 13.0. The number of hydrogen-bond donors (Lipinski definition) is 1. The molecule has 1 fully saturated rings. The maximum atomic E-state index is 14.1. The third-order valence-corrected chi connectivity index (χ3v) is 8.91. The van der Waals surface area contributed by atoms with E-state index in [-0.39, 0.29) is 36.8 Å². The standard InChI is InChI=1S/C33H43F3N2O5/c1-21-32(30(41)42-5)19-24(17-28(39)37-20-23-12-9-13-25(16-23)33(34,35)36)29(40)38(15-14-22-10-7-6-8-11-22)26(32)18-27(43-21)31(2,3)4/h9-10,12-13,16,18,21,24,27H,6-8,11,14-15,17,19-20H2,1-5H3,(H,37,39)/t21-,24+,27-,32+/m1/s1. The fourth-order valence-electron chi connectivity index (χ4n) is 6.41. The molecule has 4 atom stereocenters. The highest BCUT2D eigenvalue weighted by Crippen LogP contribution is 2.52. The highest BCUT2D eigenvalue weighted by Gasteiger charge is 2.60. The number of likely N-dealkylation sites (tertiary alicyclic amines) is 1. The van der Waals surface area contributed by atoms with Crippen molar-refractivity contribution in [2.75, 3.05) is 13.7 Å². The number of halogens is 3. The van der Waals surface area contributed by atoms with E-state index < -0.39 is 41.1 Å². The molecule has 2 amide bonds. The van der Waals surface area contributed by atoms with E-state index in [1.165, 1.54) is 24.8 Å². The molecule has 0 spiro atoms. The second kappa shape index (κ2) is 12.8. The lowest BCUT2D eigenvalue weighted by Crippen LogP contribution is -2.61. The molecule has 1 N–H and O–H groups in total. The molecule has 1 saturated heterocycles. The maximum Gasteiger partial charge on any atom is 0.416 e. The number of carbonyl (C=O) groups excluding carboxylic acids is 3. The average Bonchev–Trinajstić information content (AvgIpc) is 2.95. The quantitative estimate of drug-likeness (QED) is 0.277. The monoisotopic (exact) mass is 604 g/mol. The van der Waals surface area contributed by atoms with E-state index in [1.807, 2.05) is 33.8 Å². The van der Waals surface area contributed by atoms with Gasteiger partial charge in [-0.1, -0.05) is 44.6 Å². The summed E-state index contributed by atoms with van der Waals surface area (Å²) >= 11 is 0. The Balaban J connectivity index is 1.62. The molecule has 10 heteroatoms. The largest absolute Gasteiger partial charge is 0.468 e. The van der Waals surface area contributed by atoms with Gasteiger partial charge in [-0.05, 0) is 74.6 Å². The number of benzene rings is 1. The molecule has 2 aliphatic heterocycles. The Bertz CT molecular complexity index is 1280. The van der Waals surface area contributed by atoms with Crippen molar-refractivity contribution < 1.29 is 37.0 Å². The van der Waals surface area contributed by atoms with Gasteiger partial charge in [0.05, 0.1) is 24.9 Å². The lowest BCUT2D eigenvalue weighted by molar-refractivity contribution is -0.180. The summed E-state index contributed by atoms with van der Waals surface area (Å²) in [5.74, 6) is -2.12. The smallest absolute Gasteiger partial charge is 0.416 e. The molecule has 4 rings (SSSR count). The summed E-state index contributed by atoms with van der Waals surface area (Å²) in [6.07, 6.45) is 3.29. The maximum absolute atomic E-state index is 14.1. The molecular weight excluding hydrogens is 561 g/mol. The topological polar surface area (TPSA) is 84.9 Å². The lowest BCUT2D eigenvalue weighted by atomic mass is 9.65. The average molecular weight is 605 g/mol. The Morgan fingerprint density at radius 2 is 1.93 bits per heavy atom. The van der Waals surface area contributed by atoms with E-state index in [9.17, 15) is 27.6 Å². The van der Waals surface area contributed by atoms with Crippen LogP contribution in [-0.4, -0.2) is 48.5 Å². The molecule has 236 valence electrons. The molecular formula is C33H43F3N2O5. The summed E-state index contributed by atoms with van der Waals surface area (Å²) in [5, 5.41) is 2.66. The lowest BCUT2D eigenvalue weighted by Gasteiger charge is -2.53. The highest BCUT2D eigenvalue weighted by atomic mass is 19.4. The number of nitrogens with zero attached hydrogens (tertiary/aromatic N) is 1. The second-order valence-corrected chi connectivity index (χ2v) is 13.0. The van der Waals surface area contributed by atoms with Crippen LogP contribution in [0.4, 0.5) is 13.2 Å². The zero-order valence-corrected chi connectivity index (χ0v) is 25.7. The number of methoxy groups -OCH3 is 1. The van der Waals surface area contributed by atoms with Gasteiger partial charge in [-0.3, -0.25) is 14.4 Å². The summed E-state index contributed by atoms with van der Waals surface area (Å²) in [7, 11) is 1.31. The van der Waals surface area contributed by atoms with Crippen LogP contribution in [0.3, 0.4) is 0 Å². The van der Waals surface area contributed by atoms with Gasteiger partial charge in [0.15, 0.2) is 0 Å². The Morgan fingerprint density at radius 3 is 2.56 bits per heavy atom. The molecule has 43 heavy (non-hydrogen) atoms. The Hall–Kier alpha value is -3.14. The number of nitrogens with one attached hydrogen (secondary N) is 1. The van der Waals surface area contributed by atoms with Gasteiger partial charge in [-0.15, -0.1) is 0 Å². The Morgan fingerprint density at radius 1 is 1.19 bits per heavy atom. The van der Waals surface area contributed by atoms with Gasteiger partial charge in [0.2, 0.25) is 11.8 Å². The molecule has 1 aromatic carbocycles. The van der Waals surface area contributed by atoms with Crippen molar-refractivity contribution in [1.29, 1.82) is 0 Å². The van der Waals surface area contributed by atoms with Crippen LogP contribution in [0.25, 0.3) is 0 Å². The molecule has 0 saturated carbocycles. The first kappa shape index (κ1) is 32.8. The van der Waals surface area contributed by atoms with Gasteiger partial charge in [0.1, 0.15) is 5.41 Å². The summed E-state index contributed by atoms with van der Waals surface area (Å²) in [6.45, 7) is 8.15. The van der Waals surface area contributed by atoms with Crippen LogP contribution in [0.5, 0.6) is 0 Å². The number of rotatable bonds is 8. The van der Waals surface area contributed by atoms with Crippen molar-refractivity contribution in [2.45, 2.75) is 97.6 Å². The number of piperidine rings is 1.